The molecule has 13 heavy (non-hydrogen) atoms. The molecule has 1 aromatic rings. The summed E-state index contributed by atoms with van der Waals surface area (Å²) in [4.78, 5) is 9.87. The van der Waals surface area contributed by atoms with Crippen LogP contribution in [-0.2, 0) is 6.61 Å². The van der Waals surface area contributed by atoms with Crippen molar-refractivity contribution >= 4 is 11.4 Å². The van der Waals surface area contributed by atoms with Gasteiger partial charge in [-0.1, -0.05) is 0 Å². The lowest BCUT2D eigenvalue weighted by Crippen LogP contribution is -1.99. The third-order valence-corrected chi connectivity index (χ3v) is 1.92. The topological polar surface area (TPSA) is 89.4 Å². The van der Waals surface area contributed by atoms with Gasteiger partial charge in [0.05, 0.1) is 11.5 Å². The van der Waals surface area contributed by atoms with E-state index in [-0.39, 0.29) is 12.3 Å². The molecule has 0 aromatic heterocycles. The smallest absolute Gasteiger partial charge is 0.271 e. The molecule has 0 unspecified atom stereocenters. The Balaban J connectivity index is 3.30. The van der Waals surface area contributed by atoms with Gasteiger partial charge >= 0.3 is 0 Å². The Hall–Kier alpha value is -1.62. The summed E-state index contributed by atoms with van der Waals surface area (Å²) < 4.78 is 0. The van der Waals surface area contributed by atoms with Crippen molar-refractivity contribution in [2.75, 3.05) is 5.73 Å². The van der Waals surface area contributed by atoms with Crippen LogP contribution >= 0.6 is 0 Å². The van der Waals surface area contributed by atoms with Crippen molar-refractivity contribution in [3.05, 3.63) is 33.4 Å². The van der Waals surface area contributed by atoms with E-state index in [1.807, 2.05) is 0 Å². The van der Waals surface area contributed by atoms with Gasteiger partial charge < -0.3 is 10.8 Å². The minimum atomic E-state index is -0.533. The normalized spacial score (nSPS) is 10.0. The molecule has 1 aromatic carbocycles. The second-order valence-corrected chi connectivity index (χ2v) is 2.73. The predicted molar refractivity (Wildman–Crippen MR) is 48.2 cm³/mol. The molecule has 0 aliphatic carbocycles. The fourth-order valence-electron chi connectivity index (χ4n) is 1.05. The van der Waals surface area contributed by atoms with E-state index in [1.54, 1.807) is 6.92 Å². The first-order valence-corrected chi connectivity index (χ1v) is 3.70. The molecule has 0 bridgehead atoms. The van der Waals surface area contributed by atoms with Crippen LogP contribution in [0.4, 0.5) is 11.4 Å². The summed E-state index contributed by atoms with van der Waals surface area (Å²) in [6.07, 6.45) is 0. The molecule has 1 rings (SSSR count). The summed E-state index contributed by atoms with van der Waals surface area (Å²) >= 11 is 0. The Kier molecular flexibility index (Phi) is 2.48. The highest BCUT2D eigenvalue weighted by Gasteiger charge is 2.11. The Morgan fingerprint density at radius 3 is 2.69 bits per heavy atom. The molecule has 0 saturated carbocycles. The van der Waals surface area contributed by atoms with Crippen LogP contribution in [0.15, 0.2) is 12.1 Å². The van der Waals surface area contributed by atoms with Crippen molar-refractivity contribution < 1.29 is 10.0 Å². The summed E-state index contributed by atoms with van der Waals surface area (Å²) in [5.41, 5.74) is 6.94. The number of nitrogens with two attached hydrogens (primary N) is 1. The van der Waals surface area contributed by atoms with Gasteiger partial charge in [-0.3, -0.25) is 10.1 Å². The van der Waals surface area contributed by atoms with Gasteiger partial charge in [-0.25, -0.2) is 0 Å². The van der Waals surface area contributed by atoms with E-state index in [9.17, 15) is 10.1 Å². The highest BCUT2D eigenvalue weighted by atomic mass is 16.6. The third-order valence-electron chi connectivity index (χ3n) is 1.92. The summed E-state index contributed by atoms with van der Waals surface area (Å²) in [6, 6.07) is 2.61. The van der Waals surface area contributed by atoms with E-state index in [0.29, 0.717) is 16.8 Å². The summed E-state index contributed by atoms with van der Waals surface area (Å²) in [5, 5.41) is 19.3. The van der Waals surface area contributed by atoms with Crippen LogP contribution in [0.25, 0.3) is 0 Å². The van der Waals surface area contributed by atoms with E-state index in [4.69, 9.17) is 10.8 Å². The van der Waals surface area contributed by atoms with E-state index in [1.165, 1.54) is 12.1 Å². The molecule has 0 fully saturated rings. The molecule has 0 aliphatic rings. The molecular weight excluding hydrogens is 172 g/mol. The first-order chi connectivity index (χ1) is 6.06. The Morgan fingerprint density at radius 2 is 2.23 bits per heavy atom. The Bertz CT molecular complexity index is 349. The van der Waals surface area contributed by atoms with Crippen molar-refractivity contribution in [1.82, 2.24) is 0 Å². The van der Waals surface area contributed by atoms with Gasteiger partial charge in [-0.2, -0.15) is 0 Å². The van der Waals surface area contributed by atoms with Gasteiger partial charge in [-0.15, -0.1) is 0 Å². The molecule has 0 spiro atoms. The first kappa shape index (κ1) is 9.47. The number of aliphatic hydroxyl groups excluding tert-OH is 1. The molecular formula is C8H10N2O3. The number of nitro groups is 1. The zero-order valence-corrected chi connectivity index (χ0v) is 7.15. The Labute approximate surface area is 74.9 Å². The highest BCUT2D eigenvalue weighted by Crippen LogP contribution is 2.23. The average Bonchev–Trinajstić information content (AvgIpc) is 2.09. The average molecular weight is 182 g/mol. The lowest BCUT2D eigenvalue weighted by Gasteiger charge is -2.05. The maximum Gasteiger partial charge on any atom is 0.271 e. The lowest BCUT2D eigenvalue weighted by molar-refractivity contribution is -0.384. The zero-order valence-electron chi connectivity index (χ0n) is 7.15. The molecule has 0 amide bonds. The largest absolute Gasteiger partial charge is 0.398 e. The number of non-ortho nitro benzene ring substituents is 1. The zero-order chi connectivity index (χ0) is 10.0. The molecule has 0 saturated heterocycles. The number of benzene rings is 1. The number of hydrogen-bond donors (Lipinski definition) is 2. The van der Waals surface area contributed by atoms with Crippen LogP contribution in [-0.4, -0.2) is 10.0 Å². The van der Waals surface area contributed by atoms with Crippen molar-refractivity contribution in [1.29, 1.82) is 0 Å². The molecule has 3 N–H and O–H groups in total. The number of hydrogen-bond acceptors (Lipinski definition) is 4. The molecule has 0 atom stereocenters. The molecule has 0 aliphatic heterocycles. The van der Waals surface area contributed by atoms with E-state index < -0.39 is 4.92 Å². The van der Waals surface area contributed by atoms with Crippen LogP contribution in [0.5, 0.6) is 0 Å². The summed E-state index contributed by atoms with van der Waals surface area (Å²) in [7, 11) is 0. The summed E-state index contributed by atoms with van der Waals surface area (Å²) in [5.74, 6) is 0. The SMILES string of the molecule is Cc1c(N)cc([N+](=O)[O-])cc1CO. The number of nitrogens with zero attached hydrogens (tertiary/aromatic N) is 1. The van der Waals surface area contributed by atoms with E-state index in [0.717, 1.165) is 0 Å². The lowest BCUT2D eigenvalue weighted by atomic mass is 10.1. The fourth-order valence-corrected chi connectivity index (χ4v) is 1.05. The second-order valence-electron chi connectivity index (χ2n) is 2.73. The quantitative estimate of drug-likeness (QED) is 0.405. The fraction of sp³-hybridized carbons (Fsp3) is 0.250. The molecule has 0 radical (unpaired) electrons. The molecule has 0 heterocycles. The van der Waals surface area contributed by atoms with Crippen molar-refractivity contribution in [2.45, 2.75) is 13.5 Å². The standard InChI is InChI=1S/C8H10N2O3/c1-5-6(4-11)2-7(10(12)13)3-8(5)9/h2-3,11H,4,9H2,1H3. The molecule has 5 heteroatoms. The van der Waals surface area contributed by atoms with Gasteiger partial charge in [-0.05, 0) is 18.1 Å². The monoisotopic (exact) mass is 182 g/mol. The summed E-state index contributed by atoms with van der Waals surface area (Å²) in [6.45, 7) is 1.47. The van der Waals surface area contributed by atoms with Crippen LogP contribution in [0.1, 0.15) is 11.1 Å². The van der Waals surface area contributed by atoms with Gasteiger partial charge in [0.2, 0.25) is 0 Å². The van der Waals surface area contributed by atoms with Gasteiger partial charge in [0, 0.05) is 17.8 Å². The van der Waals surface area contributed by atoms with Gasteiger partial charge in [0.25, 0.3) is 5.69 Å². The maximum atomic E-state index is 10.4. The predicted octanol–water partition coefficient (Wildman–Crippen LogP) is 0.978. The minimum absolute atomic E-state index is 0.0906. The number of nitro benzene ring substituents is 1. The van der Waals surface area contributed by atoms with Crippen molar-refractivity contribution in [2.24, 2.45) is 0 Å². The van der Waals surface area contributed by atoms with Crippen molar-refractivity contribution in [3.63, 3.8) is 0 Å². The van der Waals surface area contributed by atoms with Crippen LogP contribution in [0, 0.1) is 17.0 Å². The van der Waals surface area contributed by atoms with Crippen LogP contribution < -0.4 is 5.73 Å². The van der Waals surface area contributed by atoms with Crippen molar-refractivity contribution in [3.8, 4) is 0 Å². The van der Waals surface area contributed by atoms with Gasteiger partial charge in [0.1, 0.15) is 0 Å². The molecule has 5 nitrogen and oxygen atoms in total. The number of aliphatic hydroxyl groups is 1. The van der Waals surface area contributed by atoms with E-state index >= 15 is 0 Å². The maximum absolute atomic E-state index is 10.4. The highest BCUT2D eigenvalue weighted by molar-refractivity contribution is 5.57. The molecule has 70 valence electrons. The number of nitrogen functional groups attached to an aromatic ring is 1. The third kappa shape index (κ3) is 1.75. The Morgan fingerprint density at radius 1 is 1.62 bits per heavy atom. The second kappa shape index (κ2) is 3.40. The van der Waals surface area contributed by atoms with Gasteiger partial charge in [0.15, 0.2) is 0 Å². The van der Waals surface area contributed by atoms with Crippen LogP contribution in [0.2, 0.25) is 0 Å². The van der Waals surface area contributed by atoms with E-state index in [2.05, 4.69) is 0 Å². The first-order valence-electron chi connectivity index (χ1n) is 3.70. The van der Waals surface area contributed by atoms with Crippen LogP contribution in [0.3, 0.4) is 0 Å². The number of anilines is 1. The minimum Gasteiger partial charge on any atom is -0.398 e. The number of rotatable bonds is 2.